The van der Waals surface area contributed by atoms with Gasteiger partial charge in [0.25, 0.3) is 0 Å². The Labute approximate surface area is 191 Å². The third-order valence-corrected chi connectivity index (χ3v) is 6.82. The Hall–Kier alpha value is -1.35. The highest BCUT2D eigenvalue weighted by atomic mass is 16.6. The first kappa shape index (κ1) is 25.9. The Morgan fingerprint density at radius 3 is 2.77 bits per heavy atom. The Morgan fingerprint density at radius 2 is 2.03 bits per heavy atom. The van der Waals surface area contributed by atoms with Crippen LogP contribution >= 0.6 is 0 Å². The average molecular weight is 431 g/mol. The molecule has 1 fully saturated rings. The van der Waals surface area contributed by atoms with Crippen LogP contribution < -0.4 is 0 Å². The largest absolute Gasteiger partial charge is 0.457 e. The monoisotopic (exact) mass is 430 g/mol. The zero-order chi connectivity index (χ0) is 22.8. The number of allylic oxidation sites excluding steroid dienone is 4. The van der Waals surface area contributed by atoms with E-state index in [1.54, 1.807) is 0 Å². The van der Waals surface area contributed by atoms with E-state index < -0.39 is 0 Å². The number of esters is 1. The molecule has 0 saturated carbocycles. The molecule has 0 aromatic carbocycles. The second kappa shape index (κ2) is 13.3. The first-order valence-corrected chi connectivity index (χ1v) is 12.7. The minimum absolute atomic E-state index is 0.0679. The molecule has 2 heterocycles. The summed E-state index contributed by atoms with van der Waals surface area (Å²) in [7, 11) is 0. The topological polar surface area (TPSA) is 38.8 Å². The standard InChI is InChI=1S/C28H46O3/c1-7-12-22(4)28-25(30-28)19-21(3)15-11-17-24(6)27-23(5)16-10-14-20(2)13-8-9-18-26(29)31-27/h10-11,15-17,20-23,25,27-28H,7-9,12-14,18-19H2,1-6H3/b15-11?,16-10-,24-17?. The Morgan fingerprint density at radius 1 is 1.26 bits per heavy atom. The molecule has 1 saturated heterocycles. The van der Waals surface area contributed by atoms with E-state index in [0.29, 0.717) is 36.4 Å². The summed E-state index contributed by atoms with van der Waals surface area (Å²) >= 11 is 0. The number of hydrogen-bond acceptors (Lipinski definition) is 3. The predicted octanol–water partition coefficient (Wildman–Crippen LogP) is 7.42. The highest BCUT2D eigenvalue weighted by Gasteiger charge is 2.42. The van der Waals surface area contributed by atoms with Gasteiger partial charge in [-0.25, -0.2) is 0 Å². The lowest BCUT2D eigenvalue weighted by molar-refractivity contribution is -0.148. The normalized spacial score (nSPS) is 33.8. The smallest absolute Gasteiger partial charge is 0.306 e. The molecule has 0 aromatic heterocycles. The number of epoxide rings is 1. The minimum atomic E-state index is -0.190. The molecule has 0 aliphatic carbocycles. The van der Waals surface area contributed by atoms with E-state index in [4.69, 9.17) is 9.47 Å². The van der Waals surface area contributed by atoms with Gasteiger partial charge >= 0.3 is 5.97 Å². The van der Waals surface area contributed by atoms with Gasteiger partial charge in [-0.05, 0) is 55.9 Å². The molecular weight excluding hydrogens is 384 g/mol. The number of carbonyl (C=O) groups excluding carboxylic acids is 1. The van der Waals surface area contributed by atoms with Gasteiger partial charge in [0.2, 0.25) is 0 Å². The molecule has 0 N–H and O–H groups in total. The fraction of sp³-hybridized carbons (Fsp3) is 0.750. The fourth-order valence-electron chi connectivity index (χ4n) is 4.73. The van der Waals surface area contributed by atoms with Crippen LogP contribution in [0.15, 0.2) is 36.0 Å². The van der Waals surface area contributed by atoms with Crippen molar-refractivity contribution in [2.45, 2.75) is 111 Å². The van der Waals surface area contributed by atoms with Gasteiger partial charge in [-0.1, -0.05) is 84.3 Å². The molecule has 2 aliphatic heterocycles. The second-order valence-corrected chi connectivity index (χ2v) is 10.2. The second-order valence-electron chi connectivity index (χ2n) is 10.2. The first-order chi connectivity index (χ1) is 14.8. The van der Waals surface area contributed by atoms with Gasteiger partial charge in [0.05, 0.1) is 12.2 Å². The van der Waals surface area contributed by atoms with E-state index in [-0.39, 0.29) is 18.0 Å². The first-order valence-electron chi connectivity index (χ1n) is 12.7. The number of cyclic esters (lactones) is 1. The molecule has 7 atom stereocenters. The van der Waals surface area contributed by atoms with Crippen molar-refractivity contribution in [3.05, 3.63) is 36.0 Å². The van der Waals surface area contributed by atoms with Crippen LogP contribution in [0.4, 0.5) is 0 Å². The number of hydrogen-bond donors (Lipinski definition) is 0. The lowest BCUT2D eigenvalue weighted by Gasteiger charge is -2.24. The Balaban J connectivity index is 1.93. The van der Waals surface area contributed by atoms with Gasteiger partial charge in [-0.15, -0.1) is 0 Å². The van der Waals surface area contributed by atoms with Crippen LogP contribution in [0, 0.1) is 23.7 Å². The van der Waals surface area contributed by atoms with E-state index in [0.717, 1.165) is 31.3 Å². The number of ether oxygens (including phenoxy) is 2. The molecule has 0 aromatic rings. The van der Waals surface area contributed by atoms with Crippen molar-refractivity contribution in [3.63, 3.8) is 0 Å². The maximum Gasteiger partial charge on any atom is 0.306 e. The summed E-state index contributed by atoms with van der Waals surface area (Å²) in [4.78, 5) is 12.4. The summed E-state index contributed by atoms with van der Waals surface area (Å²) in [6.45, 7) is 13.3. The highest BCUT2D eigenvalue weighted by Crippen LogP contribution is 2.36. The summed E-state index contributed by atoms with van der Waals surface area (Å²) in [6.07, 6.45) is 20.1. The van der Waals surface area contributed by atoms with Crippen LogP contribution in [0.2, 0.25) is 0 Å². The van der Waals surface area contributed by atoms with E-state index in [1.807, 2.05) is 0 Å². The lowest BCUT2D eigenvalue weighted by Crippen LogP contribution is -2.25. The van der Waals surface area contributed by atoms with E-state index in [1.165, 1.54) is 19.3 Å². The Bertz CT molecular complexity index is 632. The summed E-state index contributed by atoms with van der Waals surface area (Å²) in [5, 5.41) is 0. The maximum absolute atomic E-state index is 12.4. The van der Waals surface area contributed by atoms with Crippen LogP contribution in [0.1, 0.15) is 92.9 Å². The molecule has 2 rings (SSSR count). The molecule has 3 heteroatoms. The van der Waals surface area contributed by atoms with Crippen LogP contribution in [-0.2, 0) is 14.3 Å². The van der Waals surface area contributed by atoms with Gasteiger partial charge in [0, 0.05) is 12.3 Å². The molecule has 0 radical (unpaired) electrons. The van der Waals surface area contributed by atoms with Crippen LogP contribution in [0.3, 0.4) is 0 Å². The number of carbonyl (C=O) groups is 1. The molecule has 0 bridgehead atoms. The molecule has 0 amide bonds. The fourth-order valence-corrected chi connectivity index (χ4v) is 4.73. The summed E-state index contributed by atoms with van der Waals surface area (Å²) in [5.41, 5.74) is 1.11. The molecule has 2 aliphatic rings. The molecule has 3 nitrogen and oxygen atoms in total. The third kappa shape index (κ3) is 9.35. The summed E-state index contributed by atoms with van der Waals surface area (Å²) in [5.74, 6) is 1.94. The van der Waals surface area contributed by atoms with Crippen molar-refractivity contribution in [2.24, 2.45) is 23.7 Å². The SMILES string of the molecule is CCCC(C)C1OC1CC(C)C=CC=C(C)C1OC(=O)CCCCC(C)C/C=C\C1C. The maximum atomic E-state index is 12.4. The molecule has 0 spiro atoms. The van der Waals surface area contributed by atoms with Crippen LogP contribution in [-0.4, -0.2) is 24.3 Å². The van der Waals surface area contributed by atoms with Crippen LogP contribution in [0.25, 0.3) is 0 Å². The molecule has 176 valence electrons. The lowest BCUT2D eigenvalue weighted by atomic mass is 9.93. The number of rotatable bonds is 8. The van der Waals surface area contributed by atoms with Gasteiger partial charge in [0.1, 0.15) is 6.10 Å². The average Bonchev–Trinajstić information content (AvgIpc) is 3.47. The van der Waals surface area contributed by atoms with Gasteiger partial charge in [-0.2, -0.15) is 0 Å². The van der Waals surface area contributed by atoms with Crippen molar-refractivity contribution in [2.75, 3.05) is 0 Å². The predicted molar refractivity (Wildman–Crippen MR) is 130 cm³/mol. The van der Waals surface area contributed by atoms with E-state index in [2.05, 4.69) is 71.9 Å². The van der Waals surface area contributed by atoms with E-state index in [9.17, 15) is 4.79 Å². The van der Waals surface area contributed by atoms with Crippen molar-refractivity contribution >= 4 is 5.97 Å². The zero-order valence-corrected chi connectivity index (χ0v) is 20.8. The molecule has 7 unspecified atom stereocenters. The highest BCUT2D eigenvalue weighted by molar-refractivity contribution is 5.69. The molecular formula is C28H46O3. The Kier molecular flexibility index (Phi) is 11.1. The quantitative estimate of drug-likeness (QED) is 0.174. The summed E-state index contributed by atoms with van der Waals surface area (Å²) < 4.78 is 11.8. The van der Waals surface area contributed by atoms with Crippen molar-refractivity contribution in [3.8, 4) is 0 Å². The van der Waals surface area contributed by atoms with Gasteiger partial charge < -0.3 is 9.47 Å². The molecule has 31 heavy (non-hydrogen) atoms. The van der Waals surface area contributed by atoms with Crippen molar-refractivity contribution in [1.82, 2.24) is 0 Å². The van der Waals surface area contributed by atoms with Crippen LogP contribution in [0.5, 0.6) is 0 Å². The van der Waals surface area contributed by atoms with Crippen molar-refractivity contribution in [1.29, 1.82) is 0 Å². The third-order valence-electron chi connectivity index (χ3n) is 6.82. The van der Waals surface area contributed by atoms with Crippen molar-refractivity contribution < 1.29 is 14.3 Å². The van der Waals surface area contributed by atoms with Gasteiger partial charge in [0.15, 0.2) is 0 Å². The summed E-state index contributed by atoms with van der Waals surface area (Å²) in [6, 6.07) is 0. The zero-order valence-electron chi connectivity index (χ0n) is 20.8. The van der Waals surface area contributed by atoms with Gasteiger partial charge in [-0.3, -0.25) is 4.79 Å². The van der Waals surface area contributed by atoms with E-state index >= 15 is 0 Å². The minimum Gasteiger partial charge on any atom is -0.457 e.